The molecular formula is C16H35N2O+. The van der Waals surface area contributed by atoms with E-state index >= 15 is 0 Å². The van der Waals surface area contributed by atoms with Gasteiger partial charge in [0.2, 0.25) is 0 Å². The van der Waals surface area contributed by atoms with Crippen molar-refractivity contribution in [2.75, 3.05) is 27.2 Å². The summed E-state index contributed by atoms with van der Waals surface area (Å²) in [5, 5.41) is 0. The maximum Gasteiger partial charge on any atom is 0.101 e. The summed E-state index contributed by atoms with van der Waals surface area (Å²) in [4.78, 5) is 0. The van der Waals surface area contributed by atoms with Crippen molar-refractivity contribution in [2.45, 2.75) is 65.4 Å². The smallest absolute Gasteiger partial charge is 0.101 e. The molecule has 19 heavy (non-hydrogen) atoms. The van der Waals surface area contributed by atoms with Crippen LogP contribution in [-0.4, -0.2) is 37.9 Å². The Kier molecular flexibility index (Phi) is 6.28. The highest BCUT2D eigenvalue weighted by molar-refractivity contribution is 4.86. The first-order valence-corrected chi connectivity index (χ1v) is 8.05. The summed E-state index contributed by atoms with van der Waals surface area (Å²) in [5.41, 5.74) is 0.354. The first-order chi connectivity index (χ1) is 8.82. The van der Waals surface area contributed by atoms with E-state index in [0.717, 1.165) is 19.1 Å². The van der Waals surface area contributed by atoms with Gasteiger partial charge in [-0.1, -0.05) is 40.0 Å². The predicted molar refractivity (Wildman–Crippen MR) is 81.5 cm³/mol. The average Bonchev–Trinajstić information content (AvgIpc) is 2.32. The van der Waals surface area contributed by atoms with Gasteiger partial charge in [0.15, 0.2) is 0 Å². The fourth-order valence-corrected chi connectivity index (χ4v) is 3.40. The van der Waals surface area contributed by atoms with Crippen molar-refractivity contribution >= 4 is 0 Å². The third-order valence-corrected chi connectivity index (χ3v) is 4.65. The molecule has 1 aliphatic heterocycles. The lowest BCUT2D eigenvalue weighted by molar-refractivity contribution is -0.909. The minimum absolute atomic E-state index is 0.354. The zero-order valence-electron chi connectivity index (χ0n) is 13.7. The van der Waals surface area contributed by atoms with Crippen LogP contribution in [0.15, 0.2) is 0 Å². The van der Waals surface area contributed by atoms with E-state index in [1.54, 1.807) is 0 Å². The second kappa shape index (κ2) is 7.05. The SMILES string of the molecule is CCCCCC(CC)(CC1OCC1C)C[N+](C)(C)N. The molecule has 1 aliphatic rings. The van der Waals surface area contributed by atoms with E-state index < -0.39 is 0 Å². The molecule has 3 atom stereocenters. The second-order valence-corrected chi connectivity index (χ2v) is 7.30. The topological polar surface area (TPSA) is 35.2 Å². The molecule has 0 saturated carbocycles. The fourth-order valence-electron chi connectivity index (χ4n) is 3.40. The summed E-state index contributed by atoms with van der Waals surface area (Å²) in [6.45, 7) is 8.90. The maximum atomic E-state index is 6.27. The number of ether oxygens (including phenoxy) is 1. The number of nitrogens with zero attached hydrogens (tertiary/aromatic N) is 1. The van der Waals surface area contributed by atoms with Gasteiger partial charge in [0.05, 0.1) is 26.8 Å². The summed E-state index contributed by atoms with van der Waals surface area (Å²) in [7, 11) is 4.21. The van der Waals surface area contributed by atoms with E-state index in [-0.39, 0.29) is 0 Å². The van der Waals surface area contributed by atoms with E-state index in [0.29, 0.717) is 16.1 Å². The lowest BCUT2D eigenvalue weighted by Gasteiger charge is -2.44. The molecule has 2 N–H and O–H groups in total. The highest BCUT2D eigenvalue weighted by Crippen LogP contribution is 2.40. The molecule has 3 heteroatoms. The summed E-state index contributed by atoms with van der Waals surface area (Å²) >= 11 is 0. The van der Waals surface area contributed by atoms with Gasteiger partial charge in [-0.2, -0.15) is 5.84 Å². The average molecular weight is 271 g/mol. The van der Waals surface area contributed by atoms with Crippen molar-refractivity contribution in [2.24, 2.45) is 17.2 Å². The molecule has 3 unspecified atom stereocenters. The van der Waals surface area contributed by atoms with Gasteiger partial charge in [-0.05, 0) is 19.3 Å². The standard InChI is InChI=1S/C16H35N2O/c1-6-8-9-10-16(7-2,13-18(4,5)17)11-15-14(3)12-19-15/h14-15H,6-13,17H2,1-5H3/q+1. The van der Waals surface area contributed by atoms with Crippen LogP contribution >= 0.6 is 0 Å². The van der Waals surface area contributed by atoms with Crippen LogP contribution in [0, 0.1) is 11.3 Å². The largest absolute Gasteiger partial charge is 0.377 e. The van der Waals surface area contributed by atoms with Gasteiger partial charge in [-0.15, -0.1) is 0 Å². The zero-order chi connectivity index (χ0) is 14.5. The Morgan fingerprint density at radius 2 is 1.95 bits per heavy atom. The molecule has 0 bridgehead atoms. The Morgan fingerprint density at radius 1 is 1.26 bits per heavy atom. The Morgan fingerprint density at radius 3 is 2.32 bits per heavy atom. The van der Waals surface area contributed by atoms with Gasteiger partial charge < -0.3 is 4.74 Å². The Labute approximate surface area is 120 Å². The highest BCUT2D eigenvalue weighted by Gasteiger charge is 2.41. The number of unbranched alkanes of at least 4 members (excludes halogenated alkanes) is 2. The van der Waals surface area contributed by atoms with Crippen molar-refractivity contribution < 1.29 is 9.33 Å². The van der Waals surface area contributed by atoms with Crippen molar-refractivity contribution in [3.05, 3.63) is 0 Å². The van der Waals surface area contributed by atoms with Gasteiger partial charge in [-0.25, -0.2) is 0 Å². The summed E-state index contributed by atoms with van der Waals surface area (Å²) in [6.07, 6.45) is 8.11. The number of nitrogens with two attached hydrogens (primary N) is 1. The van der Waals surface area contributed by atoms with E-state index in [1.165, 1.54) is 38.5 Å². The molecule has 0 spiro atoms. The Hall–Kier alpha value is -0.120. The molecule has 1 saturated heterocycles. The monoisotopic (exact) mass is 271 g/mol. The maximum absolute atomic E-state index is 6.27. The third-order valence-electron chi connectivity index (χ3n) is 4.65. The van der Waals surface area contributed by atoms with E-state index in [2.05, 4.69) is 34.9 Å². The van der Waals surface area contributed by atoms with E-state index in [9.17, 15) is 0 Å². The Balaban J connectivity index is 2.67. The van der Waals surface area contributed by atoms with Crippen LogP contribution in [0.3, 0.4) is 0 Å². The van der Waals surface area contributed by atoms with Crippen LogP contribution in [0.5, 0.6) is 0 Å². The number of hydrogen-bond donors (Lipinski definition) is 1. The van der Waals surface area contributed by atoms with Crippen molar-refractivity contribution in [3.63, 3.8) is 0 Å². The van der Waals surface area contributed by atoms with Crippen LogP contribution in [0.1, 0.15) is 59.3 Å². The van der Waals surface area contributed by atoms with Crippen LogP contribution < -0.4 is 5.84 Å². The summed E-state index contributed by atoms with van der Waals surface area (Å²) in [5.74, 6) is 7.00. The predicted octanol–water partition coefficient (Wildman–Crippen LogP) is 3.34. The van der Waals surface area contributed by atoms with E-state index in [1.807, 2.05) is 0 Å². The van der Waals surface area contributed by atoms with Crippen LogP contribution in [0.4, 0.5) is 0 Å². The first-order valence-electron chi connectivity index (χ1n) is 8.05. The van der Waals surface area contributed by atoms with Crippen LogP contribution in [-0.2, 0) is 4.74 Å². The van der Waals surface area contributed by atoms with Gasteiger partial charge in [0.25, 0.3) is 0 Å². The molecule has 0 amide bonds. The van der Waals surface area contributed by atoms with Gasteiger partial charge in [0, 0.05) is 11.3 Å². The molecule has 0 aromatic heterocycles. The molecule has 0 aromatic carbocycles. The molecule has 1 rings (SSSR count). The molecule has 0 aromatic rings. The lowest BCUT2D eigenvalue weighted by atomic mass is 9.72. The number of hydrogen-bond acceptors (Lipinski definition) is 2. The number of quaternary nitrogens is 1. The molecule has 3 nitrogen and oxygen atoms in total. The minimum atomic E-state index is 0.354. The third kappa shape index (κ3) is 5.41. The van der Waals surface area contributed by atoms with Crippen molar-refractivity contribution in [3.8, 4) is 0 Å². The van der Waals surface area contributed by atoms with Gasteiger partial charge in [-0.3, -0.25) is 4.59 Å². The quantitative estimate of drug-likeness (QED) is 0.302. The zero-order valence-corrected chi connectivity index (χ0v) is 13.7. The fraction of sp³-hybridized carbons (Fsp3) is 1.00. The van der Waals surface area contributed by atoms with E-state index in [4.69, 9.17) is 10.6 Å². The first kappa shape index (κ1) is 16.9. The molecule has 0 radical (unpaired) electrons. The van der Waals surface area contributed by atoms with Crippen molar-refractivity contribution in [1.82, 2.24) is 0 Å². The molecule has 1 fully saturated rings. The highest BCUT2D eigenvalue weighted by atomic mass is 16.5. The number of rotatable bonds is 9. The van der Waals surface area contributed by atoms with Crippen LogP contribution in [0.25, 0.3) is 0 Å². The summed E-state index contributed by atoms with van der Waals surface area (Å²) in [6, 6.07) is 0. The Bertz CT molecular complexity index is 262. The van der Waals surface area contributed by atoms with Crippen molar-refractivity contribution in [1.29, 1.82) is 0 Å². The summed E-state index contributed by atoms with van der Waals surface area (Å²) < 4.78 is 6.34. The van der Waals surface area contributed by atoms with Gasteiger partial charge >= 0.3 is 0 Å². The second-order valence-electron chi connectivity index (χ2n) is 7.30. The van der Waals surface area contributed by atoms with Crippen LogP contribution in [0.2, 0.25) is 0 Å². The molecule has 1 heterocycles. The lowest BCUT2D eigenvalue weighted by Crippen LogP contribution is -2.55. The molecule has 0 aliphatic carbocycles. The van der Waals surface area contributed by atoms with Gasteiger partial charge in [0.1, 0.15) is 6.54 Å². The molecular weight excluding hydrogens is 236 g/mol. The minimum Gasteiger partial charge on any atom is -0.377 e. The molecule has 114 valence electrons. The normalized spacial score (nSPS) is 26.8.